The summed E-state index contributed by atoms with van der Waals surface area (Å²) < 4.78 is 7.17. The normalized spacial score (nSPS) is 53.9. The molecule has 0 aromatic rings. The first-order chi connectivity index (χ1) is 15.3. The van der Waals surface area contributed by atoms with Crippen LogP contribution in [0.5, 0.6) is 0 Å². The van der Waals surface area contributed by atoms with Crippen molar-refractivity contribution in [3.05, 3.63) is 11.1 Å². The molecule has 2 N–H and O–H groups in total. The molecule has 1 saturated heterocycles. The fraction of sp³-hybridized carbons (Fsp3) is 0.933. The summed E-state index contributed by atoms with van der Waals surface area (Å²) in [5.74, 6) is 1.95. The van der Waals surface area contributed by atoms with Crippen LogP contribution in [0, 0.1) is 45.3 Å². The fourth-order valence-electron chi connectivity index (χ4n) is 9.69. The number of hydrogen-bond acceptors (Lipinski definition) is 3. The van der Waals surface area contributed by atoms with Gasteiger partial charge in [-0.1, -0.05) is 59.6 Å². The Morgan fingerprint density at radius 2 is 1.70 bits per heavy atom. The minimum Gasteiger partial charge on any atom is -0.396 e. The van der Waals surface area contributed by atoms with Gasteiger partial charge < -0.3 is 14.9 Å². The zero-order valence-electron chi connectivity index (χ0n) is 22.4. The minimum atomic E-state index is -0.423. The molecule has 0 radical (unpaired) electrons. The quantitative estimate of drug-likeness (QED) is 0.440. The molecule has 4 bridgehead atoms. The molecule has 3 saturated carbocycles. The molecule has 5 aliphatic rings. The highest BCUT2D eigenvalue weighted by Crippen LogP contribution is 2.65. The predicted molar refractivity (Wildman–Crippen MR) is 134 cm³/mol. The molecule has 188 valence electrons. The second-order valence-electron chi connectivity index (χ2n) is 14.6. The predicted octanol–water partition coefficient (Wildman–Crippen LogP) is 6.52. The molecular weight excluding hydrogens is 408 g/mol. The lowest BCUT2D eigenvalue weighted by Crippen LogP contribution is -2.61. The van der Waals surface area contributed by atoms with Gasteiger partial charge in [-0.3, -0.25) is 0 Å². The van der Waals surface area contributed by atoms with Gasteiger partial charge in [0.2, 0.25) is 0 Å². The molecule has 10 unspecified atom stereocenters. The number of rotatable bonds is 1. The molecule has 3 nitrogen and oxygen atoms in total. The van der Waals surface area contributed by atoms with Gasteiger partial charge in [-0.2, -0.15) is 0 Å². The molecule has 5 rings (SSSR count). The number of aliphatic hydroxyl groups excluding tert-OH is 2. The fourth-order valence-corrected chi connectivity index (χ4v) is 9.69. The van der Waals surface area contributed by atoms with Crippen molar-refractivity contribution in [3.8, 4) is 0 Å². The highest BCUT2D eigenvalue weighted by molar-refractivity contribution is 5.32. The van der Waals surface area contributed by atoms with Crippen LogP contribution >= 0.6 is 0 Å². The van der Waals surface area contributed by atoms with E-state index in [4.69, 9.17) is 4.74 Å². The van der Waals surface area contributed by atoms with Gasteiger partial charge in [0.15, 0.2) is 0 Å². The molecule has 1 aliphatic heterocycles. The lowest BCUT2D eigenvalue weighted by atomic mass is 9.44. The molecule has 0 aromatic carbocycles. The molecule has 33 heavy (non-hydrogen) atoms. The van der Waals surface area contributed by atoms with Gasteiger partial charge in [0.1, 0.15) is 0 Å². The van der Waals surface area contributed by atoms with Gasteiger partial charge in [0.05, 0.1) is 24.9 Å². The van der Waals surface area contributed by atoms with Gasteiger partial charge >= 0.3 is 0 Å². The number of ether oxygens (including phenoxy) is 1. The maximum absolute atomic E-state index is 11.0. The summed E-state index contributed by atoms with van der Waals surface area (Å²) in [6, 6.07) is 0. The van der Waals surface area contributed by atoms with Crippen LogP contribution in [0.1, 0.15) is 106 Å². The van der Waals surface area contributed by atoms with Crippen LogP contribution in [0.2, 0.25) is 0 Å². The summed E-state index contributed by atoms with van der Waals surface area (Å²) in [6.07, 6.45) is 10.5. The van der Waals surface area contributed by atoms with Crippen molar-refractivity contribution in [2.24, 2.45) is 45.3 Å². The maximum atomic E-state index is 11.0. The molecule has 0 amide bonds. The van der Waals surface area contributed by atoms with Crippen molar-refractivity contribution in [3.63, 3.8) is 0 Å². The van der Waals surface area contributed by atoms with Crippen LogP contribution in [-0.2, 0) is 4.74 Å². The van der Waals surface area contributed by atoms with E-state index in [1.807, 2.05) is 0 Å². The van der Waals surface area contributed by atoms with E-state index >= 15 is 0 Å². The first-order valence-electron chi connectivity index (χ1n) is 14.0. The topological polar surface area (TPSA) is 49.7 Å². The van der Waals surface area contributed by atoms with E-state index in [-0.39, 0.29) is 18.1 Å². The largest absolute Gasteiger partial charge is 0.396 e. The minimum absolute atomic E-state index is 0.0739. The third-order valence-corrected chi connectivity index (χ3v) is 12.1. The summed E-state index contributed by atoms with van der Waals surface area (Å²) in [5, 5.41) is 21.5. The van der Waals surface area contributed by atoms with E-state index in [2.05, 4.69) is 48.5 Å². The van der Waals surface area contributed by atoms with Crippen molar-refractivity contribution in [1.29, 1.82) is 0 Å². The number of hydrogen-bond donors (Lipinski definition) is 2. The molecule has 3 heteroatoms. The molecule has 1 heterocycles. The average molecular weight is 459 g/mol. The second-order valence-corrected chi connectivity index (χ2v) is 14.6. The Morgan fingerprint density at radius 1 is 0.970 bits per heavy atom. The Balaban J connectivity index is 1.57. The molecular formula is C30H50O3. The first kappa shape index (κ1) is 24.3. The zero-order valence-corrected chi connectivity index (χ0v) is 22.4. The van der Waals surface area contributed by atoms with Crippen LogP contribution in [0.15, 0.2) is 11.1 Å². The van der Waals surface area contributed by atoms with E-state index in [9.17, 15) is 10.2 Å². The smallest absolute Gasteiger partial charge is 0.0649 e. The first-order valence-corrected chi connectivity index (χ1v) is 14.0. The molecule has 4 aliphatic carbocycles. The summed E-state index contributed by atoms with van der Waals surface area (Å²) >= 11 is 0. The van der Waals surface area contributed by atoms with Crippen LogP contribution in [0.25, 0.3) is 0 Å². The van der Waals surface area contributed by atoms with Crippen molar-refractivity contribution in [1.82, 2.24) is 0 Å². The molecule has 0 aromatic heterocycles. The molecule has 0 spiro atoms. The van der Waals surface area contributed by atoms with Gasteiger partial charge in [-0.05, 0) is 91.8 Å². The van der Waals surface area contributed by atoms with E-state index < -0.39 is 11.5 Å². The summed E-state index contributed by atoms with van der Waals surface area (Å²) in [4.78, 5) is 0. The van der Waals surface area contributed by atoms with Crippen LogP contribution < -0.4 is 0 Å². The van der Waals surface area contributed by atoms with Crippen molar-refractivity contribution in [2.45, 2.75) is 125 Å². The summed E-state index contributed by atoms with van der Waals surface area (Å²) in [6.45, 7) is 17.1. The Hall–Kier alpha value is -0.380. The maximum Gasteiger partial charge on any atom is 0.0649 e. The van der Waals surface area contributed by atoms with Crippen molar-refractivity contribution in [2.75, 3.05) is 6.61 Å². The average Bonchev–Trinajstić information content (AvgIpc) is 2.77. The van der Waals surface area contributed by atoms with Crippen molar-refractivity contribution < 1.29 is 14.9 Å². The van der Waals surface area contributed by atoms with Crippen LogP contribution in [0.4, 0.5) is 0 Å². The van der Waals surface area contributed by atoms with Crippen molar-refractivity contribution >= 4 is 0 Å². The van der Waals surface area contributed by atoms with Gasteiger partial charge in [-0.25, -0.2) is 0 Å². The SMILES string of the molecule is CC1C2=C3CC(C)(C)CCC3(C)CC1OC1CC3C(C)(CO)C(O)CCC3(C)C(CC2)C1C. The third-order valence-electron chi connectivity index (χ3n) is 12.1. The number of allylic oxidation sites excluding steroid dienone is 1. The Labute approximate surface area is 202 Å². The standard InChI is InChI=1S/C30H50O3/c1-18-20-8-9-21-19(2)23(14-25-29(21,6)11-10-26(32)30(25,7)17-31)33-24(18)16-28(5)13-12-27(3,4)15-22(20)28/h18-19,21,23-26,31-32H,8-17H2,1-7H3. The Kier molecular flexibility index (Phi) is 5.75. The highest BCUT2D eigenvalue weighted by Gasteiger charge is 2.61. The zero-order chi connectivity index (χ0) is 24.0. The van der Waals surface area contributed by atoms with Gasteiger partial charge in [0.25, 0.3) is 0 Å². The Morgan fingerprint density at radius 3 is 2.39 bits per heavy atom. The Bertz CT molecular complexity index is 815. The third kappa shape index (κ3) is 3.53. The van der Waals surface area contributed by atoms with Gasteiger partial charge in [0, 0.05) is 11.3 Å². The van der Waals surface area contributed by atoms with Crippen LogP contribution in [-0.4, -0.2) is 35.1 Å². The molecule has 10 atom stereocenters. The van der Waals surface area contributed by atoms with E-state index in [1.54, 1.807) is 11.1 Å². The van der Waals surface area contributed by atoms with E-state index in [0.717, 1.165) is 19.3 Å². The van der Waals surface area contributed by atoms with Gasteiger partial charge in [-0.15, -0.1) is 0 Å². The highest BCUT2D eigenvalue weighted by atomic mass is 16.5. The number of aliphatic hydroxyl groups is 2. The van der Waals surface area contributed by atoms with Crippen LogP contribution in [0.3, 0.4) is 0 Å². The number of fused-ring (bicyclic) bond motifs is 7. The molecule has 4 fully saturated rings. The second kappa shape index (κ2) is 7.81. The summed E-state index contributed by atoms with van der Waals surface area (Å²) in [7, 11) is 0. The monoisotopic (exact) mass is 458 g/mol. The lowest BCUT2D eigenvalue weighted by molar-refractivity contribution is -0.212. The van der Waals surface area contributed by atoms with E-state index in [0.29, 0.717) is 40.6 Å². The summed E-state index contributed by atoms with van der Waals surface area (Å²) in [5.41, 5.74) is 3.98. The van der Waals surface area contributed by atoms with E-state index in [1.165, 1.54) is 38.5 Å². The lowest BCUT2D eigenvalue weighted by Gasteiger charge is -2.62.